The fourth-order valence-electron chi connectivity index (χ4n) is 0.771. The average molecular weight is 178 g/mol. The zero-order valence-electron chi connectivity index (χ0n) is 5.78. The summed E-state index contributed by atoms with van der Waals surface area (Å²) < 4.78 is 12.9. The fourth-order valence-corrected chi connectivity index (χ4v) is 0.771. The molecular weight excluding hydrogens is 171 g/mol. The van der Waals surface area contributed by atoms with Crippen LogP contribution in [0.3, 0.4) is 0 Å². The van der Waals surface area contributed by atoms with Gasteiger partial charge < -0.3 is 15.7 Å². The van der Waals surface area contributed by atoms with E-state index in [1.807, 2.05) is 10.6 Å². The molecule has 1 rings (SSSR count). The van der Waals surface area contributed by atoms with E-state index in [0.717, 1.165) is 0 Å². The standard InChI is InChI=1S/C4H7FN4O3/c5-1-2(8-11)6-4(10)7-3(1)9-12/h1-2,8,11-12H,(H2,6,7,9,10)/t1-,2-/m1/s1. The number of carbonyl (C=O) groups is 1. The van der Waals surface area contributed by atoms with Crippen molar-refractivity contribution in [2.45, 2.75) is 12.3 Å². The Morgan fingerprint density at radius 2 is 2.33 bits per heavy atom. The van der Waals surface area contributed by atoms with Crippen molar-refractivity contribution in [1.82, 2.24) is 16.1 Å². The van der Waals surface area contributed by atoms with Gasteiger partial charge in [0.25, 0.3) is 0 Å². The van der Waals surface area contributed by atoms with Crippen LogP contribution >= 0.6 is 0 Å². The van der Waals surface area contributed by atoms with Gasteiger partial charge in [-0.05, 0) is 0 Å². The number of carbonyl (C=O) groups excluding carboxylic acids is 1. The van der Waals surface area contributed by atoms with E-state index in [9.17, 15) is 9.18 Å². The van der Waals surface area contributed by atoms with Gasteiger partial charge in [-0.2, -0.15) is 5.48 Å². The maximum atomic E-state index is 12.9. The number of amidine groups is 1. The number of oxime groups is 1. The van der Waals surface area contributed by atoms with Gasteiger partial charge in [-0.1, -0.05) is 5.16 Å². The van der Waals surface area contributed by atoms with Crippen LogP contribution in [-0.4, -0.2) is 34.6 Å². The molecule has 0 aromatic heterocycles. The van der Waals surface area contributed by atoms with E-state index in [-0.39, 0.29) is 0 Å². The average Bonchev–Trinajstić information content (AvgIpc) is 2.08. The van der Waals surface area contributed by atoms with Crippen molar-refractivity contribution in [1.29, 1.82) is 0 Å². The van der Waals surface area contributed by atoms with Gasteiger partial charge in [-0.15, -0.1) is 0 Å². The van der Waals surface area contributed by atoms with Crippen molar-refractivity contribution in [3.05, 3.63) is 0 Å². The third-order valence-electron chi connectivity index (χ3n) is 1.33. The Hall–Kier alpha value is -1.41. The second-order valence-corrected chi connectivity index (χ2v) is 2.09. The van der Waals surface area contributed by atoms with Gasteiger partial charge in [-0.25, -0.2) is 9.18 Å². The first-order chi connectivity index (χ1) is 5.69. The van der Waals surface area contributed by atoms with Gasteiger partial charge in [0.2, 0.25) is 0 Å². The van der Waals surface area contributed by atoms with Gasteiger partial charge in [0, 0.05) is 0 Å². The summed E-state index contributed by atoms with van der Waals surface area (Å²) in [4.78, 5) is 10.6. The maximum Gasteiger partial charge on any atom is 0.321 e. The zero-order valence-corrected chi connectivity index (χ0v) is 5.78. The van der Waals surface area contributed by atoms with Crippen LogP contribution in [-0.2, 0) is 0 Å². The first kappa shape index (κ1) is 8.68. The summed E-state index contributed by atoms with van der Waals surface area (Å²) >= 11 is 0. The Morgan fingerprint density at radius 3 is 2.83 bits per heavy atom. The van der Waals surface area contributed by atoms with Crippen molar-refractivity contribution in [2.75, 3.05) is 0 Å². The molecule has 0 spiro atoms. The molecule has 2 amide bonds. The highest BCUT2D eigenvalue weighted by Crippen LogP contribution is 2.02. The molecule has 0 bridgehead atoms. The number of hydrogen-bond acceptors (Lipinski definition) is 5. The molecule has 1 fully saturated rings. The summed E-state index contributed by atoms with van der Waals surface area (Å²) in [7, 11) is 0. The Labute approximate surface area is 66.2 Å². The smallest absolute Gasteiger partial charge is 0.321 e. The molecule has 0 saturated carbocycles. The largest absolute Gasteiger partial charge is 0.409 e. The summed E-state index contributed by atoms with van der Waals surface area (Å²) in [6.07, 6.45) is -3.12. The highest BCUT2D eigenvalue weighted by molar-refractivity contribution is 6.02. The van der Waals surface area contributed by atoms with Crippen molar-refractivity contribution in [3.63, 3.8) is 0 Å². The minimum absolute atomic E-state index is 0.551. The lowest BCUT2D eigenvalue weighted by Gasteiger charge is -2.26. The summed E-state index contributed by atoms with van der Waals surface area (Å²) in [5.41, 5.74) is 1.51. The molecule has 7 nitrogen and oxygen atoms in total. The molecule has 0 aromatic rings. The summed E-state index contributed by atoms with van der Waals surface area (Å²) in [6.45, 7) is 0. The lowest BCUT2D eigenvalue weighted by atomic mass is 10.2. The predicted octanol–water partition coefficient (Wildman–Crippen LogP) is -1.27. The molecule has 1 heterocycles. The first-order valence-electron chi connectivity index (χ1n) is 3.02. The topological polar surface area (TPSA) is 106 Å². The third kappa shape index (κ3) is 1.43. The van der Waals surface area contributed by atoms with Crippen molar-refractivity contribution in [3.8, 4) is 0 Å². The lowest BCUT2D eigenvalue weighted by molar-refractivity contribution is 0.0802. The third-order valence-corrected chi connectivity index (χ3v) is 1.33. The van der Waals surface area contributed by atoms with Gasteiger partial charge in [0.1, 0.15) is 6.17 Å². The summed E-state index contributed by atoms with van der Waals surface area (Å²) in [5, 5.41) is 22.9. The number of rotatable bonds is 1. The molecule has 8 heteroatoms. The molecule has 2 atom stereocenters. The normalized spacial score (nSPS) is 32.8. The minimum atomic E-state index is -1.82. The maximum absolute atomic E-state index is 12.9. The van der Waals surface area contributed by atoms with E-state index in [1.165, 1.54) is 5.48 Å². The Morgan fingerprint density at radius 1 is 1.67 bits per heavy atom. The minimum Gasteiger partial charge on any atom is -0.409 e. The number of halogens is 1. The van der Waals surface area contributed by atoms with E-state index in [1.54, 1.807) is 0 Å². The van der Waals surface area contributed by atoms with E-state index >= 15 is 0 Å². The number of nitrogens with one attached hydrogen (secondary N) is 3. The lowest BCUT2D eigenvalue weighted by Crippen LogP contribution is -2.64. The predicted molar refractivity (Wildman–Crippen MR) is 34.5 cm³/mol. The second kappa shape index (κ2) is 3.32. The molecule has 1 aliphatic heterocycles. The number of hydrogen-bond donors (Lipinski definition) is 5. The Kier molecular flexibility index (Phi) is 2.41. The van der Waals surface area contributed by atoms with Crippen LogP contribution in [0.15, 0.2) is 5.16 Å². The molecule has 1 aliphatic rings. The summed E-state index contributed by atoms with van der Waals surface area (Å²) in [6, 6.07) is -0.761. The molecule has 12 heavy (non-hydrogen) atoms. The van der Waals surface area contributed by atoms with Crippen LogP contribution in [0.25, 0.3) is 0 Å². The molecular formula is C4H7FN4O3. The SMILES string of the molecule is O=C1NC(=NO)[C@H](F)[C@@H](NO)N1. The van der Waals surface area contributed by atoms with Gasteiger partial charge >= 0.3 is 6.03 Å². The second-order valence-electron chi connectivity index (χ2n) is 2.09. The van der Waals surface area contributed by atoms with Gasteiger partial charge in [0.15, 0.2) is 12.0 Å². The number of nitrogens with zero attached hydrogens (tertiary/aromatic N) is 1. The monoisotopic (exact) mass is 178 g/mol. The number of urea groups is 1. The number of hydroxylamine groups is 1. The highest BCUT2D eigenvalue weighted by atomic mass is 19.1. The molecule has 0 aromatic carbocycles. The Balaban J connectivity index is 2.75. The first-order valence-corrected chi connectivity index (χ1v) is 3.02. The fraction of sp³-hybridized carbons (Fsp3) is 0.500. The summed E-state index contributed by atoms with van der Waals surface area (Å²) in [5.74, 6) is -0.551. The molecule has 1 saturated heterocycles. The molecule has 0 aliphatic carbocycles. The van der Waals surface area contributed by atoms with Crippen molar-refractivity contribution >= 4 is 11.9 Å². The van der Waals surface area contributed by atoms with Crippen LogP contribution in [0.2, 0.25) is 0 Å². The van der Waals surface area contributed by atoms with Crippen LogP contribution < -0.4 is 16.1 Å². The Bertz CT molecular complexity index is 220. The molecule has 0 unspecified atom stereocenters. The van der Waals surface area contributed by atoms with E-state index in [4.69, 9.17) is 10.4 Å². The van der Waals surface area contributed by atoms with Crippen LogP contribution in [0.4, 0.5) is 9.18 Å². The zero-order chi connectivity index (χ0) is 9.14. The van der Waals surface area contributed by atoms with Crippen LogP contribution in [0.5, 0.6) is 0 Å². The van der Waals surface area contributed by atoms with Gasteiger partial charge in [0.05, 0.1) is 0 Å². The van der Waals surface area contributed by atoms with Crippen molar-refractivity contribution in [2.24, 2.45) is 5.16 Å². The highest BCUT2D eigenvalue weighted by Gasteiger charge is 2.33. The molecule has 0 radical (unpaired) electrons. The quantitative estimate of drug-likeness (QED) is 0.255. The van der Waals surface area contributed by atoms with E-state index in [0.29, 0.717) is 0 Å². The number of amides is 2. The van der Waals surface area contributed by atoms with Gasteiger partial charge in [-0.3, -0.25) is 5.32 Å². The molecule has 68 valence electrons. The van der Waals surface area contributed by atoms with E-state index < -0.39 is 24.2 Å². The van der Waals surface area contributed by atoms with Crippen molar-refractivity contribution < 1.29 is 19.6 Å². The number of alkyl halides is 1. The van der Waals surface area contributed by atoms with Crippen LogP contribution in [0.1, 0.15) is 0 Å². The molecule has 5 N–H and O–H groups in total. The van der Waals surface area contributed by atoms with Crippen LogP contribution in [0, 0.1) is 0 Å². The van der Waals surface area contributed by atoms with E-state index in [2.05, 4.69) is 5.16 Å².